The topological polar surface area (TPSA) is 35.5 Å². The Morgan fingerprint density at radius 1 is 1.50 bits per heavy atom. The predicted octanol–water partition coefficient (Wildman–Crippen LogP) is 1.52. The van der Waals surface area contributed by atoms with Crippen LogP contribution in [0.1, 0.15) is 18.1 Å². The number of rotatable bonds is 3. The van der Waals surface area contributed by atoms with E-state index in [9.17, 15) is 4.79 Å². The van der Waals surface area contributed by atoms with Crippen molar-refractivity contribution in [1.29, 1.82) is 0 Å². The first-order valence-corrected chi connectivity index (χ1v) is 4.58. The maximum absolute atomic E-state index is 10.5. The van der Waals surface area contributed by atoms with Crippen molar-refractivity contribution in [1.82, 2.24) is 0 Å². The van der Waals surface area contributed by atoms with Crippen molar-refractivity contribution >= 4 is 23.7 Å². The molecule has 0 saturated carbocycles. The van der Waals surface area contributed by atoms with E-state index in [1.807, 2.05) is 36.8 Å². The summed E-state index contributed by atoms with van der Waals surface area (Å²) in [6, 6.07) is 5.73. The normalized spacial score (nSPS) is 9.71. The second-order valence-corrected chi connectivity index (χ2v) is 3.12. The Balaban J connectivity index is 2.80. The molecule has 0 radical (unpaired) electrons. The number of carbonyl (C=O) groups is 1. The van der Waals surface area contributed by atoms with Crippen LogP contribution in [0.25, 0.3) is 0 Å². The summed E-state index contributed by atoms with van der Waals surface area (Å²) in [5, 5.41) is 0.846. The zero-order chi connectivity index (χ0) is 10.6. The van der Waals surface area contributed by atoms with Crippen LogP contribution in [0, 0.1) is 6.92 Å². The van der Waals surface area contributed by atoms with Gasteiger partial charge in [0, 0.05) is 0 Å². The zero-order valence-corrected chi connectivity index (χ0v) is 8.66. The van der Waals surface area contributed by atoms with Crippen molar-refractivity contribution in [3.8, 4) is 5.75 Å². The summed E-state index contributed by atoms with van der Waals surface area (Å²) >= 11 is 2.02. The third-order valence-electron chi connectivity index (χ3n) is 1.85. The molecule has 70 valence electrons. The third-order valence-corrected chi connectivity index (χ3v) is 1.85. The summed E-state index contributed by atoms with van der Waals surface area (Å²) in [6.45, 7) is 3.31. The Hall–Kier alpha value is -0.913. The van der Waals surface area contributed by atoms with Crippen LogP contribution in [-0.2, 0) is 14.8 Å². The van der Waals surface area contributed by atoms with Crippen LogP contribution in [0.3, 0.4) is 0 Å². The zero-order valence-electron chi connectivity index (χ0n) is 8.66. The quantitative estimate of drug-likeness (QED) is 0.408. The van der Waals surface area contributed by atoms with Crippen molar-refractivity contribution in [3.05, 3.63) is 29.3 Å². The van der Waals surface area contributed by atoms with Crippen LogP contribution >= 0.6 is 0 Å². The van der Waals surface area contributed by atoms with Crippen molar-refractivity contribution < 1.29 is 14.6 Å². The van der Waals surface area contributed by atoms with Gasteiger partial charge in [-0.15, -0.1) is 0 Å². The van der Waals surface area contributed by atoms with Gasteiger partial charge in [0.25, 0.3) is 0 Å². The first kappa shape index (κ1) is 11.2. The van der Waals surface area contributed by atoms with Crippen molar-refractivity contribution in [2.45, 2.75) is 18.9 Å². The number of carbonyl (C=O) groups excluding carboxylic acids is 1. The molecule has 0 heterocycles. The Bertz CT molecular complexity index is 336. The van der Waals surface area contributed by atoms with Gasteiger partial charge in [-0.1, -0.05) is 0 Å². The minimum absolute atomic E-state index is 0.451. The van der Waals surface area contributed by atoms with Gasteiger partial charge >= 0.3 is 92.3 Å². The van der Waals surface area contributed by atoms with Gasteiger partial charge in [-0.3, -0.25) is 0 Å². The van der Waals surface area contributed by atoms with E-state index in [4.69, 9.17) is 4.89 Å². The number of benzene rings is 1. The first-order chi connectivity index (χ1) is 6.63. The summed E-state index contributed by atoms with van der Waals surface area (Å²) in [5.41, 5.74) is 2.20. The average Bonchev–Trinajstić information content (AvgIpc) is 2.15. The van der Waals surface area contributed by atoms with Crippen LogP contribution in [0.4, 0.5) is 0 Å². The maximum atomic E-state index is 10.5. The van der Waals surface area contributed by atoms with E-state index in [1.165, 1.54) is 6.92 Å². The minimum atomic E-state index is -0.451. The van der Waals surface area contributed by atoms with E-state index < -0.39 is 5.97 Å². The fourth-order valence-corrected chi connectivity index (χ4v) is 1.17. The summed E-state index contributed by atoms with van der Waals surface area (Å²) < 4.78 is 0. The molecular weight excluding hydrogens is 175 g/mol. The fourth-order valence-electron chi connectivity index (χ4n) is 1.17. The average molecular weight is 186 g/mol. The molecule has 4 heteroatoms. The second-order valence-electron chi connectivity index (χ2n) is 3.12. The van der Waals surface area contributed by atoms with Gasteiger partial charge in [0.2, 0.25) is 0 Å². The molecule has 0 unspecified atom stereocenters. The van der Waals surface area contributed by atoms with Crippen molar-refractivity contribution in [2.24, 2.45) is 0 Å². The molecule has 0 saturated heterocycles. The number of hydrogen-bond acceptors (Lipinski definition) is 3. The first-order valence-electron chi connectivity index (χ1n) is 4.58. The third kappa shape index (κ3) is 3.10. The van der Waals surface area contributed by atoms with E-state index in [0.29, 0.717) is 5.75 Å². The number of aryl methyl sites for hydroxylation is 1. The molecule has 1 aromatic rings. The van der Waals surface area contributed by atoms with Gasteiger partial charge in [-0.25, -0.2) is 0 Å². The monoisotopic (exact) mass is 186 g/mol. The summed E-state index contributed by atoms with van der Waals surface area (Å²) in [5.74, 6) is 0.154. The molecule has 3 nitrogen and oxygen atoms in total. The van der Waals surface area contributed by atoms with E-state index in [0.717, 1.165) is 16.2 Å². The van der Waals surface area contributed by atoms with Crippen LogP contribution in [0.2, 0.25) is 0 Å². The molecule has 0 N–H and O–H groups in total. The van der Waals surface area contributed by atoms with Gasteiger partial charge < -0.3 is 0 Å². The van der Waals surface area contributed by atoms with E-state index >= 15 is 0 Å². The molecule has 14 heavy (non-hydrogen) atoms. The molecule has 0 bridgehead atoms. The van der Waals surface area contributed by atoms with Crippen LogP contribution in [-0.4, -0.2) is 23.7 Å². The summed E-state index contributed by atoms with van der Waals surface area (Å²) in [6.07, 6.45) is 0. The Labute approximate surface area is 92.5 Å². The molecule has 1 aromatic carbocycles. The van der Waals surface area contributed by atoms with E-state index in [1.54, 1.807) is 6.07 Å². The molecule has 0 spiro atoms. The van der Waals surface area contributed by atoms with Gasteiger partial charge in [-0.2, -0.15) is 0 Å². The van der Waals surface area contributed by atoms with Gasteiger partial charge in [0.1, 0.15) is 0 Å². The molecule has 0 amide bonds. The van der Waals surface area contributed by atoms with Gasteiger partial charge in [0.05, 0.1) is 0 Å². The summed E-state index contributed by atoms with van der Waals surface area (Å²) in [4.78, 5) is 19.9. The molecule has 0 fully saturated rings. The SMILES string of the molecule is [Li][CH2]c1cc(C)ccc1OOC(C)=O. The van der Waals surface area contributed by atoms with Crippen LogP contribution in [0.15, 0.2) is 18.2 Å². The van der Waals surface area contributed by atoms with E-state index in [2.05, 4.69) is 4.89 Å². The number of hydrogen-bond donors (Lipinski definition) is 0. The van der Waals surface area contributed by atoms with Gasteiger partial charge in [-0.05, 0) is 0 Å². The fraction of sp³-hybridized carbons (Fsp3) is 0.300. The van der Waals surface area contributed by atoms with Crippen LogP contribution in [0.5, 0.6) is 5.75 Å². The van der Waals surface area contributed by atoms with Crippen molar-refractivity contribution in [2.75, 3.05) is 0 Å². The van der Waals surface area contributed by atoms with Gasteiger partial charge in [0.15, 0.2) is 0 Å². The summed E-state index contributed by atoms with van der Waals surface area (Å²) in [7, 11) is 0. The standard InChI is InChI=1S/C10H11O3.Li/c1-7-4-5-10(8(2)6-7)13-12-9(3)11;/h4-6H,2H2,1,3H3;. The predicted molar refractivity (Wildman–Crippen MR) is 53.0 cm³/mol. The Kier molecular flexibility index (Phi) is 4.06. The Morgan fingerprint density at radius 2 is 2.21 bits per heavy atom. The molecule has 0 aromatic heterocycles. The van der Waals surface area contributed by atoms with E-state index in [-0.39, 0.29) is 0 Å². The molecule has 0 aliphatic rings. The van der Waals surface area contributed by atoms with Crippen LogP contribution < -0.4 is 4.89 Å². The molecule has 0 atom stereocenters. The molecule has 0 aliphatic heterocycles. The van der Waals surface area contributed by atoms with Crippen molar-refractivity contribution in [3.63, 3.8) is 0 Å². The Morgan fingerprint density at radius 3 is 2.79 bits per heavy atom. The molecule has 0 aliphatic carbocycles. The molecular formula is C10H11LiO3. The molecule has 1 rings (SSSR count). The second kappa shape index (κ2) is 5.09.